The van der Waals surface area contributed by atoms with Crippen LogP contribution in [-0.2, 0) is 16.6 Å². The van der Waals surface area contributed by atoms with Gasteiger partial charge in [-0.2, -0.15) is 5.10 Å². The highest BCUT2D eigenvalue weighted by atomic mass is 32.2. The van der Waals surface area contributed by atoms with E-state index in [-0.39, 0.29) is 4.90 Å². The van der Waals surface area contributed by atoms with E-state index >= 15 is 0 Å². The van der Waals surface area contributed by atoms with Crippen molar-refractivity contribution in [1.82, 2.24) is 15.1 Å². The van der Waals surface area contributed by atoms with E-state index in [1.54, 1.807) is 4.68 Å². The van der Waals surface area contributed by atoms with Gasteiger partial charge in [0.1, 0.15) is 4.90 Å². The lowest BCUT2D eigenvalue weighted by atomic mass is 10.4. The minimum atomic E-state index is -3.61. The number of nitrogens with zero attached hydrogens (tertiary/aromatic N) is 2. The van der Waals surface area contributed by atoms with Gasteiger partial charge >= 0.3 is 0 Å². The molecule has 0 unspecified atom stereocenters. The third-order valence-electron chi connectivity index (χ3n) is 2.51. The van der Waals surface area contributed by atoms with Crippen LogP contribution >= 0.6 is 0 Å². The Labute approximate surface area is 94.9 Å². The number of nitrogens with two attached hydrogens (primary N) is 1. The zero-order valence-corrected chi connectivity index (χ0v) is 9.78. The Hall–Kier alpha value is -0.920. The van der Waals surface area contributed by atoms with Crippen LogP contribution < -0.4 is 10.5 Å². The highest BCUT2D eigenvalue weighted by Crippen LogP contribution is 2.18. The molecule has 0 atom stereocenters. The lowest BCUT2D eigenvalue weighted by Gasteiger charge is -2.02. The third-order valence-corrected chi connectivity index (χ3v) is 3.38. The molecule has 6 nitrogen and oxygen atoms in total. The van der Waals surface area contributed by atoms with E-state index in [1.807, 2.05) is 0 Å². The van der Waals surface area contributed by atoms with E-state index in [9.17, 15) is 8.42 Å². The van der Waals surface area contributed by atoms with Crippen molar-refractivity contribution >= 4 is 10.0 Å². The molecule has 0 amide bonds. The average Bonchev–Trinajstić information content (AvgIpc) is 2.88. The molecule has 0 spiro atoms. The molecule has 1 aliphatic carbocycles. The Balaban J connectivity index is 1.78. The summed E-state index contributed by atoms with van der Waals surface area (Å²) in [6, 6.07) is 0.706. The summed E-state index contributed by atoms with van der Waals surface area (Å²) in [4.78, 5) is 0.0719. The Bertz CT molecular complexity index is 450. The highest BCUT2D eigenvalue weighted by Gasteiger charge is 2.19. The van der Waals surface area contributed by atoms with Gasteiger partial charge in [0.25, 0.3) is 0 Å². The fourth-order valence-electron chi connectivity index (χ4n) is 1.45. The molecule has 16 heavy (non-hydrogen) atoms. The summed E-state index contributed by atoms with van der Waals surface area (Å²) in [7, 11) is -3.61. The van der Waals surface area contributed by atoms with Crippen LogP contribution in [0, 0.1) is 0 Å². The molecule has 1 aromatic heterocycles. The monoisotopic (exact) mass is 244 g/mol. The second kappa shape index (κ2) is 4.52. The molecule has 1 fully saturated rings. The first kappa shape index (κ1) is 11.6. The molecule has 0 bridgehead atoms. The van der Waals surface area contributed by atoms with Crippen molar-refractivity contribution in [2.45, 2.75) is 36.7 Å². The zero-order valence-electron chi connectivity index (χ0n) is 8.96. The number of primary sulfonamides is 1. The molecule has 1 heterocycles. The topological polar surface area (TPSA) is 90.0 Å². The Kier molecular flexibility index (Phi) is 3.27. The van der Waals surface area contributed by atoms with Gasteiger partial charge in [0.05, 0.1) is 6.20 Å². The lowest BCUT2D eigenvalue weighted by molar-refractivity contribution is 0.541. The standard InChI is InChI=1S/C9H16N4O2S/c10-16(14,15)9-6-12-13(7-9)5-1-4-11-8-2-3-8/h6-8,11H,1-5H2,(H2,10,14,15). The summed E-state index contributed by atoms with van der Waals surface area (Å²) < 4.78 is 23.6. The first-order valence-electron chi connectivity index (χ1n) is 5.34. The molecule has 1 saturated carbocycles. The van der Waals surface area contributed by atoms with Gasteiger partial charge < -0.3 is 5.32 Å². The minimum Gasteiger partial charge on any atom is -0.314 e. The molecule has 0 aromatic carbocycles. The predicted octanol–water partition coefficient (Wildman–Crippen LogP) is -0.327. The number of sulfonamides is 1. The lowest BCUT2D eigenvalue weighted by Crippen LogP contribution is -2.19. The van der Waals surface area contributed by atoms with Crippen LogP contribution in [0.2, 0.25) is 0 Å². The number of hydrogen-bond donors (Lipinski definition) is 2. The van der Waals surface area contributed by atoms with Crippen LogP contribution in [0.4, 0.5) is 0 Å². The van der Waals surface area contributed by atoms with E-state index in [1.165, 1.54) is 25.2 Å². The molecule has 0 radical (unpaired) electrons. The molecular weight excluding hydrogens is 228 g/mol. The Morgan fingerprint density at radius 1 is 1.56 bits per heavy atom. The van der Waals surface area contributed by atoms with Gasteiger partial charge in [0.15, 0.2) is 0 Å². The summed E-state index contributed by atoms with van der Waals surface area (Å²) in [6.45, 7) is 1.64. The fourth-order valence-corrected chi connectivity index (χ4v) is 1.91. The van der Waals surface area contributed by atoms with Crippen LogP contribution in [0.1, 0.15) is 19.3 Å². The largest absolute Gasteiger partial charge is 0.314 e. The number of hydrogen-bond acceptors (Lipinski definition) is 4. The molecule has 7 heteroatoms. The summed E-state index contributed by atoms with van der Waals surface area (Å²) >= 11 is 0. The average molecular weight is 244 g/mol. The normalized spacial score (nSPS) is 16.6. The molecule has 2 rings (SSSR count). The van der Waals surface area contributed by atoms with Crippen LogP contribution in [0.15, 0.2) is 17.3 Å². The smallest absolute Gasteiger partial charge is 0.241 e. The van der Waals surface area contributed by atoms with E-state index in [0.717, 1.165) is 13.0 Å². The maximum absolute atomic E-state index is 11.0. The van der Waals surface area contributed by atoms with Gasteiger partial charge in [-0.15, -0.1) is 0 Å². The van der Waals surface area contributed by atoms with Crippen molar-refractivity contribution in [3.05, 3.63) is 12.4 Å². The molecule has 0 saturated heterocycles. The van der Waals surface area contributed by atoms with Crippen molar-refractivity contribution < 1.29 is 8.42 Å². The Morgan fingerprint density at radius 3 is 2.88 bits per heavy atom. The summed E-state index contributed by atoms with van der Waals surface area (Å²) in [5.41, 5.74) is 0. The van der Waals surface area contributed by atoms with Crippen molar-refractivity contribution in [1.29, 1.82) is 0 Å². The van der Waals surface area contributed by atoms with E-state index in [2.05, 4.69) is 10.4 Å². The van der Waals surface area contributed by atoms with Gasteiger partial charge in [-0.1, -0.05) is 0 Å². The number of nitrogens with one attached hydrogen (secondary N) is 1. The van der Waals surface area contributed by atoms with Gasteiger partial charge in [0.2, 0.25) is 10.0 Å². The number of aryl methyl sites for hydroxylation is 1. The molecule has 0 aliphatic heterocycles. The van der Waals surface area contributed by atoms with Crippen LogP contribution in [-0.4, -0.2) is 30.8 Å². The quantitative estimate of drug-likeness (QED) is 0.671. The summed E-state index contributed by atoms with van der Waals surface area (Å²) in [6.07, 6.45) is 6.23. The van der Waals surface area contributed by atoms with Crippen molar-refractivity contribution in [3.63, 3.8) is 0 Å². The first-order valence-corrected chi connectivity index (χ1v) is 6.89. The molecule has 1 aliphatic rings. The van der Waals surface area contributed by atoms with Gasteiger partial charge in [-0.25, -0.2) is 13.6 Å². The first-order chi connectivity index (χ1) is 7.55. The molecule has 3 N–H and O–H groups in total. The summed E-state index contributed by atoms with van der Waals surface area (Å²) in [5, 5.41) is 12.3. The van der Waals surface area contributed by atoms with E-state index in [4.69, 9.17) is 5.14 Å². The van der Waals surface area contributed by atoms with Crippen molar-refractivity contribution in [2.24, 2.45) is 5.14 Å². The second-order valence-electron chi connectivity index (χ2n) is 4.07. The molecule has 90 valence electrons. The van der Waals surface area contributed by atoms with E-state index in [0.29, 0.717) is 12.6 Å². The highest BCUT2D eigenvalue weighted by molar-refractivity contribution is 7.89. The Morgan fingerprint density at radius 2 is 2.31 bits per heavy atom. The zero-order chi connectivity index (χ0) is 11.6. The molecular formula is C9H16N4O2S. The van der Waals surface area contributed by atoms with Crippen LogP contribution in [0.3, 0.4) is 0 Å². The predicted molar refractivity (Wildman–Crippen MR) is 59.2 cm³/mol. The van der Waals surface area contributed by atoms with Crippen LogP contribution in [0.25, 0.3) is 0 Å². The van der Waals surface area contributed by atoms with Gasteiger partial charge in [0, 0.05) is 18.8 Å². The van der Waals surface area contributed by atoms with Crippen molar-refractivity contribution in [2.75, 3.05) is 6.54 Å². The maximum atomic E-state index is 11.0. The fraction of sp³-hybridized carbons (Fsp3) is 0.667. The number of aromatic nitrogens is 2. The van der Waals surface area contributed by atoms with Gasteiger partial charge in [-0.3, -0.25) is 4.68 Å². The second-order valence-corrected chi connectivity index (χ2v) is 5.63. The van der Waals surface area contributed by atoms with Crippen LogP contribution in [0.5, 0.6) is 0 Å². The summed E-state index contributed by atoms with van der Waals surface area (Å²) in [5.74, 6) is 0. The molecule has 1 aromatic rings. The maximum Gasteiger partial charge on any atom is 0.241 e. The van der Waals surface area contributed by atoms with Crippen molar-refractivity contribution in [3.8, 4) is 0 Å². The SMILES string of the molecule is NS(=O)(=O)c1cnn(CCCNC2CC2)c1. The van der Waals surface area contributed by atoms with Gasteiger partial charge in [-0.05, 0) is 25.8 Å². The minimum absolute atomic E-state index is 0.0719. The third kappa shape index (κ3) is 3.29. The number of rotatable bonds is 6. The van der Waals surface area contributed by atoms with E-state index < -0.39 is 10.0 Å².